The molecule has 0 spiro atoms. The van der Waals surface area contributed by atoms with Crippen molar-refractivity contribution in [1.82, 2.24) is 4.90 Å². The Morgan fingerprint density at radius 3 is 2.20 bits per heavy atom. The van der Waals surface area contributed by atoms with Crippen LogP contribution in [0.15, 0.2) is 36.4 Å². The Hall–Kier alpha value is -3.26. The van der Waals surface area contributed by atoms with Crippen molar-refractivity contribution in [3.05, 3.63) is 47.5 Å². The number of quaternary nitrogens is 1. The monoisotopic (exact) mass is 477 g/mol. The molecule has 0 aliphatic carbocycles. The molecule has 0 radical (unpaired) electrons. The highest BCUT2D eigenvalue weighted by Gasteiger charge is 2.94. The van der Waals surface area contributed by atoms with Gasteiger partial charge in [0.2, 0.25) is 19.4 Å². The molecule has 8 heteroatoms. The van der Waals surface area contributed by atoms with Crippen molar-refractivity contribution in [1.29, 1.82) is 0 Å². The number of hydrogen-bond donors (Lipinski definition) is 0. The summed E-state index contributed by atoms with van der Waals surface area (Å²) in [6, 6.07) is 11.1. The van der Waals surface area contributed by atoms with Gasteiger partial charge in [-0.15, -0.1) is 0 Å². The fourth-order valence-corrected chi connectivity index (χ4v) is 8.05. The van der Waals surface area contributed by atoms with E-state index in [1.54, 1.807) is 12.1 Å². The predicted molar refractivity (Wildman–Crippen MR) is 125 cm³/mol. The second-order valence-corrected chi connectivity index (χ2v) is 11.1. The van der Waals surface area contributed by atoms with E-state index in [2.05, 4.69) is 20.8 Å². The maximum Gasteiger partial charge on any atom is 0.254 e. The van der Waals surface area contributed by atoms with Crippen molar-refractivity contribution in [2.45, 2.75) is 44.8 Å². The Bertz CT molecular complexity index is 1290. The molecule has 2 aromatic carbocycles. The molecule has 5 atom stereocenters. The van der Waals surface area contributed by atoms with E-state index in [-0.39, 0.29) is 42.3 Å². The number of amides is 1. The molecule has 0 aromatic heterocycles. The molecule has 2 aromatic rings. The largest absolute Gasteiger partial charge is 0.454 e. The number of carbonyl (C=O) groups excluding carboxylic acids is 2. The number of benzene rings is 2. The lowest BCUT2D eigenvalue weighted by atomic mass is 9.74. The van der Waals surface area contributed by atoms with Crippen LogP contribution in [-0.2, 0) is 0 Å². The number of Topliss-reactive ketones (excluding diaryl/α,β-unsaturated/α-hetero) is 1. The molecule has 0 N–H and O–H groups in total. The van der Waals surface area contributed by atoms with Crippen LogP contribution in [0.1, 0.15) is 47.9 Å². The molecule has 0 bridgehead atoms. The summed E-state index contributed by atoms with van der Waals surface area (Å²) >= 11 is 0. The number of likely N-dealkylation sites (tertiary alicyclic amines) is 1. The quantitative estimate of drug-likeness (QED) is 0.374. The highest BCUT2D eigenvalue weighted by atomic mass is 16.7. The average Bonchev–Trinajstić information content (AvgIpc) is 3.26. The maximum absolute atomic E-state index is 13.8. The SMILES string of the molecule is CCC(C(=O)c1ccc2c(c1)OCO2)[N+]12CC3(C)CN(C(=O)c4ccc5c(c4)OCO5)CC1(C)C32. The Labute approximate surface area is 203 Å². The zero-order valence-electron chi connectivity index (χ0n) is 20.2. The Balaban J connectivity index is 1.17. The van der Waals surface area contributed by atoms with E-state index >= 15 is 0 Å². The van der Waals surface area contributed by atoms with E-state index < -0.39 is 0 Å². The molecule has 8 nitrogen and oxygen atoms in total. The second-order valence-electron chi connectivity index (χ2n) is 11.1. The fourth-order valence-electron chi connectivity index (χ4n) is 8.05. The van der Waals surface area contributed by atoms with Crippen molar-refractivity contribution < 1.29 is 33.0 Å². The first kappa shape index (κ1) is 21.1. The van der Waals surface area contributed by atoms with Gasteiger partial charge in [-0.25, -0.2) is 0 Å². The highest BCUT2D eigenvalue weighted by molar-refractivity contribution is 6.00. The van der Waals surface area contributed by atoms with Crippen LogP contribution in [0.2, 0.25) is 0 Å². The van der Waals surface area contributed by atoms with Gasteiger partial charge in [0.1, 0.15) is 0 Å². The predicted octanol–water partition coefficient (Wildman–Crippen LogP) is 3.24. The van der Waals surface area contributed by atoms with Gasteiger partial charge in [0.05, 0.1) is 18.5 Å². The molecule has 0 saturated carbocycles. The number of carbonyl (C=O) groups is 2. The first-order chi connectivity index (χ1) is 16.8. The summed E-state index contributed by atoms with van der Waals surface area (Å²) in [6.07, 6.45) is 0.756. The molecule has 182 valence electrons. The summed E-state index contributed by atoms with van der Waals surface area (Å²) in [7, 11) is 0. The van der Waals surface area contributed by atoms with Crippen LogP contribution in [0.25, 0.3) is 0 Å². The molecular formula is C27H29N2O6+. The maximum atomic E-state index is 13.8. The van der Waals surface area contributed by atoms with Gasteiger partial charge >= 0.3 is 0 Å². The number of hydrogen-bond acceptors (Lipinski definition) is 6. The molecule has 7 rings (SSSR count). The number of nitrogens with zero attached hydrogens (tertiary/aromatic N) is 2. The van der Waals surface area contributed by atoms with Gasteiger partial charge in [-0.3, -0.25) is 14.1 Å². The lowest BCUT2D eigenvalue weighted by molar-refractivity contribution is -0.901. The average molecular weight is 478 g/mol. The first-order valence-corrected chi connectivity index (χ1v) is 12.3. The summed E-state index contributed by atoms with van der Waals surface area (Å²) in [6.45, 7) is 9.27. The summed E-state index contributed by atoms with van der Waals surface area (Å²) in [5.41, 5.74) is 1.15. The van der Waals surface area contributed by atoms with E-state index in [1.807, 2.05) is 29.2 Å². The summed E-state index contributed by atoms with van der Waals surface area (Å²) in [4.78, 5) is 29.3. The molecule has 5 aliphatic heterocycles. The van der Waals surface area contributed by atoms with E-state index in [0.29, 0.717) is 53.3 Å². The van der Waals surface area contributed by atoms with E-state index in [9.17, 15) is 9.59 Å². The Morgan fingerprint density at radius 2 is 1.54 bits per heavy atom. The van der Waals surface area contributed by atoms with Crippen LogP contribution in [0.3, 0.4) is 0 Å². The first-order valence-electron chi connectivity index (χ1n) is 12.3. The number of piperidine rings is 1. The minimum absolute atomic E-state index is 0.00157. The molecule has 35 heavy (non-hydrogen) atoms. The van der Waals surface area contributed by atoms with Gasteiger partial charge < -0.3 is 23.8 Å². The van der Waals surface area contributed by atoms with Crippen LogP contribution < -0.4 is 18.9 Å². The summed E-state index contributed by atoms with van der Waals surface area (Å²) in [5.74, 6) is 2.77. The van der Waals surface area contributed by atoms with Crippen LogP contribution >= 0.6 is 0 Å². The van der Waals surface area contributed by atoms with Gasteiger partial charge in [-0.05, 0) is 50.2 Å². The lowest BCUT2D eigenvalue weighted by Gasteiger charge is -2.46. The molecule has 5 unspecified atom stereocenters. The van der Waals surface area contributed by atoms with Gasteiger partial charge in [-0.2, -0.15) is 0 Å². The van der Waals surface area contributed by atoms with Crippen LogP contribution in [0.5, 0.6) is 23.0 Å². The fraction of sp³-hybridized carbons (Fsp3) is 0.481. The summed E-state index contributed by atoms with van der Waals surface area (Å²) < 4.78 is 22.6. The van der Waals surface area contributed by atoms with Crippen molar-refractivity contribution in [2.24, 2.45) is 5.41 Å². The number of rotatable bonds is 5. The van der Waals surface area contributed by atoms with Gasteiger partial charge in [-0.1, -0.05) is 6.92 Å². The Morgan fingerprint density at radius 1 is 0.943 bits per heavy atom. The molecule has 1 amide bonds. The molecule has 3 fully saturated rings. The number of ether oxygens (including phenoxy) is 4. The summed E-state index contributed by atoms with van der Waals surface area (Å²) in [5, 5.41) is 0. The number of ketones is 1. The standard InChI is InChI=1S/C27H29N2O6/c1-4-18(23(30)16-5-7-19-21(9-16)34-14-32-19)29-13-26(2)11-28(12-27(29,3)25(26)29)24(31)17-6-8-20-22(10-17)35-15-33-20/h5-10,18,25H,4,11-15H2,1-3H3/q+1. The molecule has 3 saturated heterocycles. The molecular weight excluding hydrogens is 448 g/mol. The van der Waals surface area contributed by atoms with E-state index in [0.717, 1.165) is 17.4 Å². The molecule has 5 aliphatic rings. The van der Waals surface area contributed by atoms with E-state index in [4.69, 9.17) is 18.9 Å². The van der Waals surface area contributed by atoms with E-state index in [1.165, 1.54) is 0 Å². The minimum atomic E-state index is -0.140. The normalized spacial score (nSPS) is 33.6. The number of fused-ring (bicyclic) bond motifs is 3. The zero-order chi connectivity index (χ0) is 24.2. The van der Waals surface area contributed by atoms with Gasteiger partial charge in [0.15, 0.2) is 40.6 Å². The van der Waals surface area contributed by atoms with Gasteiger partial charge in [0, 0.05) is 24.1 Å². The van der Waals surface area contributed by atoms with Crippen molar-refractivity contribution in [3.63, 3.8) is 0 Å². The third-order valence-corrected chi connectivity index (χ3v) is 9.09. The van der Waals surface area contributed by atoms with Crippen molar-refractivity contribution in [3.8, 4) is 23.0 Å². The second kappa shape index (κ2) is 6.69. The van der Waals surface area contributed by atoms with Gasteiger partial charge in [0.25, 0.3) is 5.91 Å². The van der Waals surface area contributed by atoms with Crippen molar-refractivity contribution >= 4 is 11.7 Å². The minimum Gasteiger partial charge on any atom is -0.454 e. The van der Waals surface area contributed by atoms with Crippen LogP contribution in [0.4, 0.5) is 0 Å². The Kier molecular flexibility index (Phi) is 4.03. The highest BCUT2D eigenvalue weighted by Crippen LogP contribution is 2.72. The van der Waals surface area contributed by atoms with Crippen LogP contribution in [-0.4, -0.2) is 71.9 Å². The third kappa shape index (κ3) is 2.55. The zero-order valence-corrected chi connectivity index (χ0v) is 20.2. The van der Waals surface area contributed by atoms with Crippen molar-refractivity contribution in [2.75, 3.05) is 33.2 Å². The topological polar surface area (TPSA) is 74.3 Å². The van der Waals surface area contributed by atoms with Crippen LogP contribution in [0, 0.1) is 5.41 Å². The molecule has 5 heterocycles. The smallest absolute Gasteiger partial charge is 0.254 e. The lowest BCUT2D eigenvalue weighted by Crippen LogP contribution is -2.64. The third-order valence-electron chi connectivity index (χ3n) is 9.09.